The maximum absolute atomic E-state index is 6.01. The fraction of sp³-hybridized carbons (Fsp3) is 0.733. The zero-order valence-corrected chi connectivity index (χ0v) is 12.3. The summed E-state index contributed by atoms with van der Waals surface area (Å²) in [4.78, 5) is 0. The maximum atomic E-state index is 6.01. The molecule has 2 unspecified atom stereocenters. The molecule has 20 heavy (non-hydrogen) atoms. The Morgan fingerprint density at radius 1 is 1.40 bits per heavy atom. The predicted octanol–water partition coefficient (Wildman–Crippen LogP) is 2.09. The third kappa shape index (κ3) is 2.52. The van der Waals surface area contributed by atoms with Crippen molar-refractivity contribution in [3.8, 4) is 5.88 Å². The summed E-state index contributed by atoms with van der Waals surface area (Å²) >= 11 is 0. The molecule has 1 spiro atoms. The Labute approximate surface area is 120 Å². The Bertz CT molecular complexity index is 445. The van der Waals surface area contributed by atoms with Crippen molar-refractivity contribution in [1.82, 2.24) is 15.5 Å². The normalized spacial score (nSPS) is 26.0. The second-order valence-electron chi connectivity index (χ2n) is 5.90. The van der Waals surface area contributed by atoms with Gasteiger partial charge < -0.3 is 14.8 Å². The molecular weight excluding hydrogens is 254 g/mol. The van der Waals surface area contributed by atoms with E-state index in [1.165, 1.54) is 19.3 Å². The van der Waals surface area contributed by atoms with Crippen molar-refractivity contribution in [3.05, 3.63) is 17.8 Å². The molecule has 1 N–H and O–H groups in total. The molecule has 1 saturated carbocycles. The highest BCUT2D eigenvalue weighted by Gasteiger charge is 2.44. The van der Waals surface area contributed by atoms with E-state index in [9.17, 15) is 0 Å². The van der Waals surface area contributed by atoms with Gasteiger partial charge in [-0.05, 0) is 51.1 Å². The van der Waals surface area contributed by atoms with E-state index in [0.717, 1.165) is 25.1 Å². The van der Waals surface area contributed by atoms with Crippen LogP contribution in [0, 0.1) is 5.92 Å². The van der Waals surface area contributed by atoms with Crippen molar-refractivity contribution < 1.29 is 9.47 Å². The lowest BCUT2D eigenvalue weighted by Crippen LogP contribution is -2.47. The van der Waals surface area contributed by atoms with E-state index in [1.54, 1.807) is 7.11 Å². The molecule has 1 aliphatic carbocycles. The van der Waals surface area contributed by atoms with Crippen LogP contribution in [0.3, 0.4) is 0 Å². The molecule has 0 bridgehead atoms. The number of rotatable bonds is 4. The van der Waals surface area contributed by atoms with Gasteiger partial charge in [0, 0.05) is 12.7 Å². The van der Waals surface area contributed by atoms with Crippen LogP contribution >= 0.6 is 0 Å². The molecule has 5 heteroatoms. The molecule has 0 amide bonds. The quantitative estimate of drug-likeness (QED) is 0.913. The van der Waals surface area contributed by atoms with Gasteiger partial charge in [0.2, 0.25) is 5.88 Å². The Balaban J connectivity index is 1.74. The second-order valence-corrected chi connectivity index (χ2v) is 5.90. The first-order valence-electron chi connectivity index (χ1n) is 7.45. The number of aromatic nitrogens is 2. The number of hydrogen-bond acceptors (Lipinski definition) is 5. The zero-order chi connectivity index (χ0) is 14.0. The van der Waals surface area contributed by atoms with Crippen molar-refractivity contribution in [1.29, 1.82) is 0 Å². The standard InChI is InChI=1S/C15H23N3O2/c1-16-14(12-4-5-13(19-2)18-17-12)11-6-9-20-15(10-11)7-3-8-15/h4-5,11,14,16H,3,6-10H2,1-2H3. The molecule has 1 aromatic heterocycles. The summed E-state index contributed by atoms with van der Waals surface area (Å²) in [6.07, 6.45) is 5.95. The number of ether oxygens (including phenoxy) is 2. The second kappa shape index (κ2) is 5.66. The summed E-state index contributed by atoms with van der Waals surface area (Å²) in [7, 11) is 3.61. The van der Waals surface area contributed by atoms with Crippen LogP contribution in [0.15, 0.2) is 12.1 Å². The lowest BCUT2D eigenvalue weighted by Gasteiger charge is -2.48. The SMILES string of the molecule is CNC(c1ccc(OC)nn1)C1CCOC2(CCC2)C1. The third-order valence-electron chi connectivity index (χ3n) is 4.77. The molecule has 0 radical (unpaired) electrons. The lowest BCUT2D eigenvalue weighted by atomic mass is 9.70. The van der Waals surface area contributed by atoms with Crippen LogP contribution in [-0.4, -0.2) is 36.6 Å². The average molecular weight is 277 g/mol. The fourth-order valence-corrected chi connectivity index (χ4v) is 3.50. The van der Waals surface area contributed by atoms with E-state index in [1.807, 2.05) is 19.2 Å². The molecule has 2 aliphatic rings. The van der Waals surface area contributed by atoms with Crippen LogP contribution < -0.4 is 10.1 Å². The minimum Gasteiger partial charge on any atom is -0.480 e. The monoisotopic (exact) mass is 277 g/mol. The van der Waals surface area contributed by atoms with E-state index in [-0.39, 0.29) is 11.6 Å². The van der Waals surface area contributed by atoms with Crippen LogP contribution in [0.5, 0.6) is 5.88 Å². The van der Waals surface area contributed by atoms with Crippen LogP contribution in [0.25, 0.3) is 0 Å². The van der Waals surface area contributed by atoms with Crippen molar-refractivity contribution in [2.75, 3.05) is 20.8 Å². The number of hydrogen-bond donors (Lipinski definition) is 1. The molecule has 2 fully saturated rings. The molecule has 2 atom stereocenters. The highest BCUT2D eigenvalue weighted by molar-refractivity contribution is 5.15. The van der Waals surface area contributed by atoms with Crippen LogP contribution in [0.2, 0.25) is 0 Å². The Hall–Kier alpha value is -1.20. The minimum absolute atomic E-state index is 0.165. The largest absolute Gasteiger partial charge is 0.480 e. The maximum Gasteiger partial charge on any atom is 0.233 e. The van der Waals surface area contributed by atoms with E-state index in [0.29, 0.717) is 11.8 Å². The number of nitrogens with one attached hydrogen (secondary N) is 1. The summed E-state index contributed by atoms with van der Waals surface area (Å²) in [5.41, 5.74) is 1.16. The topological polar surface area (TPSA) is 56.3 Å². The number of methoxy groups -OCH3 is 1. The summed E-state index contributed by atoms with van der Waals surface area (Å²) in [5.74, 6) is 1.13. The summed E-state index contributed by atoms with van der Waals surface area (Å²) in [5, 5.41) is 11.8. The van der Waals surface area contributed by atoms with Gasteiger partial charge >= 0.3 is 0 Å². The van der Waals surface area contributed by atoms with Gasteiger partial charge in [-0.3, -0.25) is 0 Å². The fourth-order valence-electron chi connectivity index (χ4n) is 3.50. The van der Waals surface area contributed by atoms with Gasteiger partial charge in [0.05, 0.1) is 24.4 Å². The predicted molar refractivity (Wildman–Crippen MR) is 75.6 cm³/mol. The smallest absolute Gasteiger partial charge is 0.233 e. The van der Waals surface area contributed by atoms with Crippen molar-refractivity contribution >= 4 is 0 Å². The molecule has 3 rings (SSSR count). The highest BCUT2D eigenvalue weighted by atomic mass is 16.5. The number of nitrogens with zero attached hydrogens (tertiary/aromatic N) is 2. The van der Waals surface area contributed by atoms with Crippen LogP contribution in [0.4, 0.5) is 0 Å². The van der Waals surface area contributed by atoms with Crippen molar-refractivity contribution in [2.45, 2.75) is 43.7 Å². The van der Waals surface area contributed by atoms with Gasteiger partial charge in [-0.25, -0.2) is 0 Å². The molecular formula is C15H23N3O2. The first-order chi connectivity index (χ1) is 9.76. The summed E-state index contributed by atoms with van der Waals surface area (Å²) in [6, 6.07) is 4.14. The lowest BCUT2D eigenvalue weighted by molar-refractivity contribution is -0.147. The van der Waals surface area contributed by atoms with Crippen LogP contribution in [-0.2, 0) is 4.74 Å². The minimum atomic E-state index is 0.165. The van der Waals surface area contributed by atoms with E-state index in [2.05, 4.69) is 15.5 Å². The zero-order valence-electron chi connectivity index (χ0n) is 12.3. The molecule has 2 heterocycles. The van der Waals surface area contributed by atoms with Gasteiger partial charge in [0.15, 0.2) is 0 Å². The molecule has 0 aromatic carbocycles. The summed E-state index contributed by atoms with van der Waals surface area (Å²) in [6.45, 7) is 0.867. The Morgan fingerprint density at radius 3 is 2.80 bits per heavy atom. The average Bonchev–Trinajstić information content (AvgIpc) is 2.47. The van der Waals surface area contributed by atoms with Gasteiger partial charge in [-0.15, -0.1) is 5.10 Å². The van der Waals surface area contributed by atoms with Gasteiger partial charge in [-0.1, -0.05) is 0 Å². The molecule has 1 aromatic rings. The van der Waals surface area contributed by atoms with Crippen molar-refractivity contribution in [3.63, 3.8) is 0 Å². The summed E-state index contributed by atoms with van der Waals surface area (Å²) < 4.78 is 11.1. The third-order valence-corrected chi connectivity index (χ3v) is 4.77. The molecule has 5 nitrogen and oxygen atoms in total. The Kier molecular flexibility index (Phi) is 3.89. The molecule has 110 valence electrons. The first-order valence-corrected chi connectivity index (χ1v) is 7.45. The van der Waals surface area contributed by atoms with E-state index >= 15 is 0 Å². The molecule has 1 saturated heterocycles. The highest BCUT2D eigenvalue weighted by Crippen LogP contribution is 2.46. The van der Waals surface area contributed by atoms with Gasteiger partial charge in [0.1, 0.15) is 0 Å². The molecule has 1 aliphatic heterocycles. The van der Waals surface area contributed by atoms with Gasteiger partial charge in [-0.2, -0.15) is 5.10 Å². The van der Waals surface area contributed by atoms with E-state index < -0.39 is 0 Å². The first kappa shape index (κ1) is 13.8. The Morgan fingerprint density at radius 2 is 2.25 bits per heavy atom. The van der Waals surface area contributed by atoms with Crippen LogP contribution in [0.1, 0.15) is 43.8 Å². The van der Waals surface area contributed by atoms with Gasteiger partial charge in [0.25, 0.3) is 0 Å². The van der Waals surface area contributed by atoms with E-state index in [4.69, 9.17) is 9.47 Å². The van der Waals surface area contributed by atoms with Crippen molar-refractivity contribution in [2.24, 2.45) is 5.92 Å².